The minimum absolute atomic E-state index is 0.313. The molecule has 0 aliphatic heterocycles. The molecule has 0 radical (unpaired) electrons. The van der Waals surface area contributed by atoms with E-state index in [0.717, 1.165) is 36.5 Å². The highest BCUT2D eigenvalue weighted by molar-refractivity contribution is 5.90. The van der Waals surface area contributed by atoms with Crippen LogP contribution in [0.4, 0.5) is 0 Å². The fraction of sp³-hybridized carbons (Fsp3) is 0.526. The number of carbonyl (C=O) groups excluding carboxylic acids is 1. The molecule has 2 aromatic carbocycles. The highest BCUT2D eigenvalue weighted by Crippen LogP contribution is 2.22. The van der Waals surface area contributed by atoms with Gasteiger partial charge < -0.3 is 18.7 Å². The SMILES string of the molecule is CCCCCCCCCCOc1ccc(C(=O)OC#Cc2cc(-c3ccc(OCCCCCCCCCC)cc3)no2)cc1. The van der Waals surface area contributed by atoms with Gasteiger partial charge in [-0.15, -0.1) is 0 Å². The van der Waals surface area contributed by atoms with Crippen LogP contribution in [0.1, 0.15) is 133 Å². The van der Waals surface area contributed by atoms with Crippen molar-refractivity contribution in [3.8, 4) is 34.8 Å². The standard InChI is InChI=1S/C38H51NO5/c1-3-5-7-9-11-13-15-17-28-41-34-23-19-32(20-24-34)37-31-36(44-39-37)27-30-43-38(40)33-21-25-35(26-22-33)42-29-18-16-14-12-10-8-6-4-2/h19-26,31H,3-18,28-29H2,1-2H3. The molecule has 0 unspecified atom stereocenters. The largest absolute Gasteiger partial charge is 0.494 e. The molecule has 44 heavy (non-hydrogen) atoms. The van der Waals surface area contributed by atoms with Gasteiger partial charge in [-0.05, 0) is 61.4 Å². The minimum atomic E-state index is -0.533. The van der Waals surface area contributed by atoms with Gasteiger partial charge in [-0.1, -0.05) is 109 Å². The van der Waals surface area contributed by atoms with Gasteiger partial charge in [-0.3, -0.25) is 0 Å². The molecule has 1 aromatic heterocycles. The molecular weight excluding hydrogens is 550 g/mol. The first kappa shape index (κ1) is 34.8. The van der Waals surface area contributed by atoms with Gasteiger partial charge in [0, 0.05) is 17.6 Å². The molecule has 0 bridgehead atoms. The van der Waals surface area contributed by atoms with E-state index >= 15 is 0 Å². The van der Waals surface area contributed by atoms with Crippen molar-refractivity contribution in [2.45, 2.75) is 117 Å². The highest BCUT2D eigenvalue weighted by Gasteiger charge is 2.08. The minimum Gasteiger partial charge on any atom is -0.494 e. The summed E-state index contributed by atoms with van der Waals surface area (Å²) in [5.74, 6) is 4.07. The number of esters is 1. The van der Waals surface area contributed by atoms with Crippen LogP contribution in [0.25, 0.3) is 11.3 Å². The zero-order valence-corrected chi connectivity index (χ0v) is 26.9. The molecule has 238 valence electrons. The van der Waals surface area contributed by atoms with Crippen LogP contribution in [0.15, 0.2) is 59.1 Å². The Bertz CT molecular complexity index is 1240. The number of benzene rings is 2. The number of hydrogen-bond donors (Lipinski definition) is 0. The van der Waals surface area contributed by atoms with E-state index in [1.54, 1.807) is 30.3 Å². The first-order chi connectivity index (χ1) is 21.7. The van der Waals surface area contributed by atoms with Crippen molar-refractivity contribution in [1.82, 2.24) is 5.16 Å². The van der Waals surface area contributed by atoms with Crippen molar-refractivity contribution < 1.29 is 23.5 Å². The van der Waals surface area contributed by atoms with E-state index in [4.69, 9.17) is 18.7 Å². The third-order valence-corrected chi connectivity index (χ3v) is 7.60. The van der Waals surface area contributed by atoms with Crippen molar-refractivity contribution in [3.05, 3.63) is 65.9 Å². The van der Waals surface area contributed by atoms with Crippen LogP contribution in [-0.4, -0.2) is 24.3 Å². The molecule has 0 amide bonds. The molecule has 0 saturated heterocycles. The lowest BCUT2D eigenvalue weighted by Gasteiger charge is -2.06. The summed E-state index contributed by atoms with van der Waals surface area (Å²) in [6.45, 7) is 5.90. The molecule has 6 heteroatoms. The quantitative estimate of drug-likeness (QED) is 0.0648. The Morgan fingerprint density at radius 3 is 1.66 bits per heavy atom. The van der Waals surface area contributed by atoms with Crippen molar-refractivity contribution in [2.24, 2.45) is 0 Å². The Balaban J connectivity index is 1.32. The zero-order chi connectivity index (χ0) is 31.1. The fourth-order valence-electron chi connectivity index (χ4n) is 4.91. The van der Waals surface area contributed by atoms with Crippen molar-refractivity contribution in [3.63, 3.8) is 0 Å². The molecule has 1 heterocycles. The number of carbonyl (C=O) groups is 1. The van der Waals surface area contributed by atoms with Gasteiger partial charge in [0.15, 0.2) is 0 Å². The van der Waals surface area contributed by atoms with E-state index < -0.39 is 5.97 Å². The van der Waals surface area contributed by atoms with Crippen LogP contribution in [-0.2, 0) is 4.74 Å². The lowest BCUT2D eigenvalue weighted by atomic mass is 10.1. The van der Waals surface area contributed by atoms with Gasteiger partial charge in [-0.2, -0.15) is 0 Å². The average Bonchev–Trinajstić information content (AvgIpc) is 3.52. The van der Waals surface area contributed by atoms with Crippen LogP contribution >= 0.6 is 0 Å². The predicted molar refractivity (Wildman–Crippen MR) is 177 cm³/mol. The third-order valence-electron chi connectivity index (χ3n) is 7.60. The second-order valence-corrected chi connectivity index (χ2v) is 11.4. The van der Waals surface area contributed by atoms with Gasteiger partial charge in [0.2, 0.25) is 5.76 Å². The van der Waals surface area contributed by atoms with Crippen molar-refractivity contribution in [1.29, 1.82) is 0 Å². The molecule has 0 aliphatic carbocycles. The highest BCUT2D eigenvalue weighted by atomic mass is 16.5. The molecule has 0 spiro atoms. The Kier molecular flexibility index (Phi) is 17.3. The second-order valence-electron chi connectivity index (χ2n) is 11.4. The molecule has 3 aromatic rings. The molecule has 0 saturated carbocycles. The maximum atomic E-state index is 12.4. The number of ether oxygens (including phenoxy) is 3. The first-order valence-electron chi connectivity index (χ1n) is 16.8. The second kappa shape index (κ2) is 21.9. The first-order valence-corrected chi connectivity index (χ1v) is 16.8. The van der Waals surface area contributed by atoms with E-state index in [0.29, 0.717) is 23.6 Å². The number of hydrogen-bond acceptors (Lipinski definition) is 6. The molecule has 0 fully saturated rings. The summed E-state index contributed by atoms with van der Waals surface area (Å²) < 4.78 is 22.1. The lowest BCUT2D eigenvalue weighted by molar-refractivity contribution is 0.0690. The predicted octanol–water partition coefficient (Wildman–Crippen LogP) is 10.5. The number of rotatable bonds is 22. The summed E-state index contributed by atoms with van der Waals surface area (Å²) in [5.41, 5.74) is 1.95. The zero-order valence-electron chi connectivity index (χ0n) is 26.9. The smallest absolute Gasteiger partial charge is 0.352 e. The fourth-order valence-corrected chi connectivity index (χ4v) is 4.91. The maximum Gasteiger partial charge on any atom is 0.352 e. The molecule has 6 nitrogen and oxygen atoms in total. The van der Waals surface area contributed by atoms with Gasteiger partial charge in [0.05, 0.1) is 18.8 Å². The summed E-state index contributed by atoms with van der Waals surface area (Å²) in [6, 6.07) is 16.4. The van der Waals surface area contributed by atoms with E-state index in [1.807, 2.05) is 24.3 Å². The normalized spacial score (nSPS) is 10.7. The molecule has 3 rings (SSSR count). The summed E-state index contributed by atoms with van der Waals surface area (Å²) in [6.07, 6.45) is 22.8. The third kappa shape index (κ3) is 14.2. The summed E-state index contributed by atoms with van der Waals surface area (Å²) in [4.78, 5) is 12.4. The Morgan fingerprint density at radius 2 is 1.14 bits per heavy atom. The summed E-state index contributed by atoms with van der Waals surface area (Å²) in [5, 5.41) is 4.09. The number of aromatic nitrogens is 1. The van der Waals surface area contributed by atoms with E-state index in [1.165, 1.54) is 89.9 Å². The molecule has 0 atom stereocenters. The van der Waals surface area contributed by atoms with Crippen molar-refractivity contribution >= 4 is 5.97 Å². The molecular formula is C38H51NO5. The monoisotopic (exact) mass is 601 g/mol. The maximum absolute atomic E-state index is 12.4. The van der Waals surface area contributed by atoms with Crippen LogP contribution in [0.2, 0.25) is 0 Å². The number of unbranched alkanes of at least 4 members (excludes halogenated alkanes) is 14. The topological polar surface area (TPSA) is 70.8 Å². The average molecular weight is 602 g/mol. The van der Waals surface area contributed by atoms with Gasteiger partial charge in [0.1, 0.15) is 23.3 Å². The Labute approximate surface area is 264 Å². The van der Waals surface area contributed by atoms with E-state index in [-0.39, 0.29) is 0 Å². The Morgan fingerprint density at radius 1 is 0.659 bits per heavy atom. The van der Waals surface area contributed by atoms with Gasteiger partial charge in [0.25, 0.3) is 0 Å². The molecule has 0 N–H and O–H groups in total. The van der Waals surface area contributed by atoms with E-state index in [9.17, 15) is 4.79 Å². The van der Waals surface area contributed by atoms with Crippen LogP contribution in [0.3, 0.4) is 0 Å². The number of nitrogens with zero attached hydrogens (tertiary/aromatic N) is 1. The summed E-state index contributed by atoms with van der Waals surface area (Å²) >= 11 is 0. The van der Waals surface area contributed by atoms with E-state index in [2.05, 4.69) is 31.0 Å². The lowest BCUT2D eigenvalue weighted by Crippen LogP contribution is -2.02. The summed E-state index contributed by atoms with van der Waals surface area (Å²) in [7, 11) is 0. The Hall–Kier alpha value is -3.72. The van der Waals surface area contributed by atoms with Crippen LogP contribution in [0, 0.1) is 12.0 Å². The molecule has 0 aliphatic rings. The van der Waals surface area contributed by atoms with Gasteiger partial charge in [-0.25, -0.2) is 4.79 Å². The van der Waals surface area contributed by atoms with Crippen molar-refractivity contribution in [2.75, 3.05) is 13.2 Å². The van der Waals surface area contributed by atoms with Crippen LogP contribution in [0.5, 0.6) is 11.5 Å². The van der Waals surface area contributed by atoms with Gasteiger partial charge >= 0.3 is 5.97 Å². The van der Waals surface area contributed by atoms with Crippen LogP contribution < -0.4 is 9.47 Å².